The van der Waals surface area contributed by atoms with Gasteiger partial charge < -0.3 is 20.1 Å². The molecule has 0 amide bonds. The second-order valence-corrected chi connectivity index (χ2v) is 9.64. The maximum Gasteiger partial charge on any atom is 0.191 e. The summed E-state index contributed by atoms with van der Waals surface area (Å²) in [7, 11) is -1.23. The third kappa shape index (κ3) is 4.41. The van der Waals surface area contributed by atoms with E-state index in [1.54, 1.807) is 7.05 Å². The molecular formula is C18H27N3O4S. The Balaban J connectivity index is 1.61. The molecule has 2 N–H and O–H groups in total. The molecule has 1 saturated heterocycles. The van der Waals surface area contributed by atoms with Gasteiger partial charge in [-0.15, -0.1) is 0 Å². The zero-order chi connectivity index (χ0) is 18.8. The van der Waals surface area contributed by atoms with Crippen LogP contribution in [0.4, 0.5) is 0 Å². The van der Waals surface area contributed by atoms with Crippen LogP contribution in [0.15, 0.2) is 23.2 Å². The van der Waals surface area contributed by atoms with Gasteiger partial charge >= 0.3 is 0 Å². The summed E-state index contributed by atoms with van der Waals surface area (Å²) in [4.78, 5) is 4.22. The fraction of sp³-hybridized carbons (Fsp3) is 0.611. The Morgan fingerprint density at radius 1 is 1.27 bits per heavy atom. The molecule has 0 aromatic heterocycles. The molecule has 1 fully saturated rings. The Hall–Kier alpha value is -1.96. The average molecular weight is 381 g/mol. The van der Waals surface area contributed by atoms with Crippen molar-refractivity contribution in [3.05, 3.63) is 23.8 Å². The largest absolute Gasteiger partial charge is 0.486 e. The second-order valence-electron chi connectivity index (χ2n) is 7.41. The lowest BCUT2D eigenvalue weighted by molar-refractivity contribution is 0.171. The van der Waals surface area contributed by atoms with Gasteiger partial charge in [0, 0.05) is 25.0 Å². The summed E-state index contributed by atoms with van der Waals surface area (Å²) < 4.78 is 34.5. The Morgan fingerprint density at radius 3 is 2.65 bits per heavy atom. The Morgan fingerprint density at radius 2 is 2.00 bits per heavy atom. The van der Waals surface area contributed by atoms with E-state index in [1.807, 2.05) is 12.1 Å². The molecule has 7 nitrogen and oxygen atoms in total. The quantitative estimate of drug-likeness (QED) is 0.599. The Labute approximate surface area is 155 Å². The highest BCUT2D eigenvalue weighted by molar-refractivity contribution is 7.91. The normalized spacial score (nSPS) is 22.1. The van der Waals surface area contributed by atoms with Gasteiger partial charge in [0.05, 0.1) is 11.5 Å². The number of hydrogen-bond acceptors (Lipinski definition) is 5. The third-order valence-electron chi connectivity index (χ3n) is 4.82. The number of benzene rings is 1. The van der Waals surface area contributed by atoms with E-state index in [0.717, 1.165) is 17.1 Å². The molecule has 2 aliphatic rings. The molecule has 1 aromatic rings. The van der Waals surface area contributed by atoms with E-state index in [9.17, 15) is 8.42 Å². The van der Waals surface area contributed by atoms with E-state index in [-0.39, 0.29) is 23.0 Å². The van der Waals surface area contributed by atoms with Gasteiger partial charge in [0.1, 0.15) is 13.2 Å². The molecule has 1 aromatic carbocycles. The zero-order valence-corrected chi connectivity index (χ0v) is 16.4. The molecule has 0 aliphatic carbocycles. The highest BCUT2D eigenvalue weighted by atomic mass is 32.2. The zero-order valence-electron chi connectivity index (χ0n) is 15.5. The van der Waals surface area contributed by atoms with Crippen molar-refractivity contribution < 1.29 is 17.9 Å². The van der Waals surface area contributed by atoms with Crippen LogP contribution < -0.4 is 20.1 Å². The van der Waals surface area contributed by atoms with Gasteiger partial charge in [-0.1, -0.05) is 19.9 Å². The second kappa shape index (κ2) is 7.34. The summed E-state index contributed by atoms with van der Waals surface area (Å²) in [6.45, 7) is 6.06. The van der Waals surface area contributed by atoms with E-state index < -0.39 is 9.84 Å². The first-order valence-corrected chi connectivity index (χ1v) is 10.7. The molecule has 26 heavy (non-hydrogen) atoms. The minimum Gasteiger partial charge on any atom is -0.486 e. The molecule has 1 atom stereocenters. The van der Waals surface area contributed by atoms with Crippen LogP contribution in [-0.2, 0) is 15.3 Å². The lowest BCUT2D eigenvalue weighted by Gasteiger charge is -2.29. The van der Waals surface area contributed by atoms with E-state index in [0.29, 0.717) is 32.1 Å². The summed E-state index contributed by atoms with van der Waals surface area (Å²) in [5.74, 6) is 2.59. The third-order valence-corrected chi connectivity index (χ3v) is 6.59. The summed E-state index contributed by atoms with van der Waals surface area (Å²) in [6, 6.07) is 5.94. The topological polar surface area (TPSA) is 89.0 Å². The van der Waals surface area contributed by atoms with Crippen molar-refractivity contribution in [2.24, 2.45) is 4.99 Å². The lowest BCUT2D eigenvalue weighted by Crippen LogP contribution is -2.47. The fourth-order valence-electron chi connectivity index (χ4n) is 3.17. The number of hydrogen-bond donors (Lipinski definition) is 2. The molecule has 0 bridgehead atoms. The molecular weight excluding hydrogens is 354 g/mol. The molecule has 3 rings (SSSR count). The SMILES string of the molecule is CN=C(NCC(C)(C)c1ccc2c(c1)OCCO2)NC1CCS(=O)(=O)C1. The summed E-state index contributed by atoms with van der Waals surface area (Å²) >= 11 is 0. The van der Waals surface area contributed by atoms with Crippen LogP contribution in [0, 0.1) is 0 Å². The first kappa shape index (κ1) is 18.8. The van der Waals surface area contributed by atoms with Crippen LogP contribution in [0.5, 0.6) is 11.5 Å². The summed E-state index contributed by atoms with van der Waals surface area (Å²) in [5, 5.41) is 6.52. The number of sulfone groups is 1. The van der Waals surface area contributed by atoms with E-state index in [2.05, 4.69) is 35.5 Å². The van der Waals surface area contributed by atoms with Gasteiger partial charge in [0.15, 0.2) is 27.3 Å². The molecule has 0 saturated carbocycles. The highest BCUT2D eigenvalue weighted by Crippen LogP contribution is 2.34. The van der Waals surface area contributed by atoms with Gasteiger partial charge in [-0.3, -0.25) is 4.99 Å². The summed E-state index contributed by atoms with van der Waals surface area (Å²) in [6.07, 6.45) is 0.620. The first-order valence-electron chi connectivity index (χ1n) is 8.87. The van der Waals surface area contributed by atoms with Crippen LogP contribution in [-0.4, -0.2) is 58.7 Å². The monoisotopic (exact) mass is 381 g/mol. The van der Waals surface area contributed by atoms with Gasteiger partial charge in [-0.2, -0.15) is 0 Å². The fourth-order valence-corrected chi connectivity index (χ4v) is 4.84. The van der Waals surface area contributed by atoms with Gasteiger partial charge in [-0.05, 0) is 24.1 Å². The first-order chi connectivity index (χ1) is 12.3. The van der Waals surface area contributed by atoms with Crippen LogP contribution in [0.2, 0.25) is 0 Å². The van der Waals surface area contributed by atoms with Crippen LogP contribution in [0.3, 0.4) is 0 Å². The van der Waals surface area contributed by atoms with Gasteiger partial charge in [0.25, 0.3) is 0 Å². The molecule has 1 unspecified atom stereocenters. The molecule has 8 heteroatoms. The van der Waals surface area contributed by atoms with Gasteiger partial charge in [-0.25, -0.2) is 8.42 Å². The average Bonchev–Trinajstić information content (AvgIpc) is 2.96. The number of nitrogens with zero attached hydrogens (tertiary/aromatic N) is 1. The number of ether oxygens (including phenoxy) is 2. The maximum absolute atomic E-state index is 11.6. The Bertz CT molecular complexity index is 790. The molecule has 2 heterocycles. The molecule has 144 valence electrons. The maximum atomic E-state index is 11.6. The smallest absolute Gasteiger partial charge is 0.191 e. The predicted octanol–water partition coefficient (Wildman–Crippen LogP) is 1.09. The van der Waals surface area contributed by atoms with Crippen LogP contribution in [0.1, 0.15) is 25.8 Å². The number of aliphatic imine (C=N–C) groups is 1. The molecule has 0 radical (unpaired) electrons. The van der Waals surface area contributed by atoms with Crippen molar-refractivity contribution >= 4 is 15.8 Å². The van der Waals surface area contributed by atoms with Gasteiger partial charge in [0.2, 0.25) is 0 Å². The lowest BCUT2D eigenvalue weighted by atomic mass is 9.84. The van der Waals surface area contributed by atoms with Crippen molar-refractivity contribution in [1.82, 2.24) is 10.6 Å². The van der Waals surface area contributed by atoms with Crippen molar-refractivity contribution in [3.63, 3.8) is 0 Å². The van der Waals surface area contributed by atoms with E-state index in [4.69, 9.17) is 9.47 Å². The van der Waals surface area contributed by atoms with Crippen LogP contribution in [0.25, 0.3) is 0 Å². The van der Waals surface area contributed by atoms with Crippen molar-refractivity contribution in [2.45, 2.75) is 31.7 Å². The minimum atomic E-state index is -2.92. The standard InChI is InChI=1S/C18H27N3O4S/c1-18(2,13-4-5-15-16(10-13)25-8-7-24-15)12-20-17(19-3)21-14-6-9-26(22,23)11-14/h4-5,10,14H,6-9,11-12H2,1-3H3,(H2,19,20,21). The number of fused-ring (bicyclic) bond motifs is 1. The molecule has 2 aliphatic heterocycles. The Kier molecular flexibility index (Phi) is 5.32. The predicted molar refractivity (Wildman–Crippen MR) is 102 cm³/mol. The summed E-state index contributed by atoms with van der Waals surface area (Å²) in [5.41, 5.74) is 0.961. The van der Waals surface area contributed by atoms with Crippen molar-refractivity contribution in [3.8, 4) is 11.5 Å². The number of guanidine groups is 1. The highest BCUT2D eigenvalue weighted by Gasteiger charge is 2.29. The van der Waals surface area contributed by atoms with E-state index >= 15 is 0 Å². The van der Waals surface area contributed by atoms with Crippen molar-refractivity contribution in [2.75, 3.05) is 38.3 Å². The molecule has 0 spiro atoms. The van der Waals surface area contributed by atoms with Crippen LogP contribution >= 0.6 is 0 Å². The minimum absolute atomic E-state index is 0.0800. The van der Waals surface area contributed by atoms with Crippen molar-refractivity contribution in [1.29, 1.82) is 0 Å². The number of rotatable bonds is 4. The number of nitrogens with one attached hydrogen (secondary N) is 2. The van der Waals surface area contributed by atoms with E-state index in [1.165, 1.54) is 0 Å².